The van der Waals surface area contributed by atoms with Gasteiger partial charge < -0.3 is 15.3 Å². The minimum Gasteiger partial charge on any atom is -0.421 e. The van der Waals surface area contributed by atoms with Gasteiger partial charge in [-0.05, 0) is 32.3 Å². The van der Waals surface area contributed by atoms with Crippen molar-refractivity contribution in [2.75, 3.05) is 0 Å². The predicted octanol–water partition coefficient (Wildman–Crippen LogP) is 2.72. The topological polar surface area (TPSA) is 85.2 Å². The van der Waals surface area contributed by atoms with E-state index >= 15 is 0 Å². The number of rotatable bonds is 5. The van der Waals surface area contributed by atoms with Gasteiger partial charge in [-0.25, -0.2) is 0 Å². The molecule has 0 spiro atoms. The van der Waals surface area contributed by atoms with Crippen LogP contribution in [0.15, 0.2) is 28.7 Å². The maximum Gasteiger partial charge on any atom is 0.246 e. The summed E-state index contributed by atoms with van der Waals surface area (Å²) in [4.78, 5) is 0. The largest absolute Gasteiger partial charge is 0.421 e. The molecular weight excluding hydrogens is 278 g/mol. The lowest BCUT2D eigenvalue weighted by atomic mass is 9.84. The van der Waals surface area contributed by atoms with Crippen LogP contribution in [0.1, 0.15) is 56.7 Å². The molecule has 0 aliphatic rings. The van der Waals surface area contributed by atoms with Crippen LogP contribution < -0.4 is 5.73 Å². The maximum atomic E-state index is 10.2. The van der Waals surface area contributed by atoms with Crippen molar-refractivity contribution in [1.82, 2.24) is 10.2 Å². The first-order chi connectivity index (χ1) is 10.2. The molecule has 5 nitrogen and oxygen atoms in total. The highest BCUT2D eigenvalue weighted by Gasteiger charge is 2.32. The average Bonchev–Trinajstić information content (AvgIpc) is 2.96. The molecule has 0 saturated heterocycles. The van der Waals surface area contributed by atoms with Gasteiger partial charge in [-0.15, -0.1) is 10.2 Å². The summed E-state index contributed by atoms with van der Waals surface area (Å²) in [5, 5.41) is 18.3. The molecule has 1 aromatic carbocycles. The van der Waals surface area contributed by atoms with E-state index < -0.39 is 17.6 Å². The Hall–Kier alpha value is -1.72. The molecule has 1 unspecified atom stereocenters. The van der Waals surface area contributed by atoms with Crippen LogP contribution in [0.2, 0.25) is 0 Å². The summed E-state index contributed by atoms with van der Waals surface area (Å²) in [5.74, 6) is 0.773. The third-order valence-corrected chi connectivity index (χ3v) is 4.10. The maximum absolute atomic E-state index is 10.2. The normalized spacial score (nSPS) is 15.1. The smallest absolute Gasteiger partial charge is 0.246 e. The Morgan fingerprint density at radius 3 is 2.50 bits per heavy atom. The molecule has 5 heteroatoms. The number of aliphatic hydroxyl groups is 1. The van der Waals surface area contributed by atoms with Gasteiger partial charge in [0, 0.05) is 6.04 Å². The zero-order chi connectivity index (χ0) is 16.5. The summed E-state index contributed by atoms with van der Waals surface area (Å²) in [6.45, 7) is 9.98. The molecule has 0 radical (unpaired) electrons. The molecule has 1 heterocycles. The zero-order valence-corrected chi connectivity index (χ0v) is 13.9. The van der Waals surface area contributed by atoms with E-state index in [9.17, 15) is 5.11 Å². The molecule has 0 aliphatic heterocycles. The molecule has 0 amide bonds. The summed E-state index contributed by atoms with van der Waals surface area (Å²) in [6.07, 6.45) is -0.949. The summed E-state index contributed by atoms with van der Waals surface area (Å²) < 4.78 is 5.72. The lowest BCUT2D eigenvalue weighted by Crippen LogP contribution is -2.33. The Kier molecular flexibility index (Phi) is 4.68. The molecule has 22 heavy (non-hydrogen) atoms. The fraction of sp³-hybridized carbons (Fsp3) is 0.529. The Labute approximate surface area is 131 Å². The average molecular weight is 303 g/mol. The van der Waals surface area contributed by atoms with E-state index in [1.165, 1.54) is 5.56 Å². The van der Waals surface area contributed by atoms with E-state index in [1.807, 2.05) is 52.8 Å². The molecule has 2 rings (SSSR count). The molecule has 3 N–H and O–H groups in total. The highest BCUT2D eigenvalue weighted by molar-refractivity contribution is 5.32. The van der Waals surface area contributed by atoms with Gasteiger partial charge in [0.1, 0.15) is 6.10 Å². The highest BCUT2D eigenvalue weighted by Crippen LogP contribution is 2.32. The van der Waals surface area contributed by atoms with Crippen molar-refractivity contribution < 1.29 is 9.52 Å². The number of nitrogens with zero attached hydrogens (tertiary/aromatic N) is 2. The van der Waals surface area contributed by atoms with Crippen molar-refractivity contribution >= 4 is 0 Å². The van der Waals surface area contributed by atoms with Gasteiger partial charge in [0.2, 0.25) is 11.8 Å². The van der Waals surface area contributed by atoms with E-state index in [-0.39, 0.29) is 11.8 Å². The standard InChI is InChI=1S/C17H25N3O2/c1-10(2)13(18)14(21)15-19-20-16(22-15)17(4,5)12-8-6-7-11(3)9-12/h6-10,13-14,21H,18H2,1-5H3/t13-,14?/m0/s1. The first-order valence-corrected chi connectivity index (χ1v) is 7.58. The van der Waals surface area contributed by atoms with Crippen LogP contribution in [0.4, 0.5) is 0 Å². The van der Waals surface area contributed by atoms with Crippen LogP contribution in [-0.4, -0.2) is 21.3 Å². The van der Waals surface area contributed by atoms with E-state index in [1.54, 1.807) is 0 Å². The monoisotopic (exact) mass is 303 g/mol. The van der Waals surface area contributed by atoms with E-state index in [0.717, 1.165) is 5.56 Å². The van der Waals surface area contributed by atoms with Crippen LogP contribution in [-0.2, 0) is 5.41 Å². The molecule has 120 valence electrons. The van der Waals surface area contributed by atoms with Gasteiger partial charge in [0.05, 0.1) is 5.41 Å². The van der Waals surface area contributed by atoms with Crippen molar-refractivity contribution in [3.63, 3.8) is 0 Å². The third-order valence-electron chi connectivity index (χ3n) is 4.10. The predicted molar refractivity (Wildman–Crippen MR) is 85.4 cm³/mol. The van der Waals surface area contributed by atoms with Crippen molar-refractivity contribution in [1.29, 1.82) is 0 Å². The molecule has 2 aromatic rings. The van der Waals surface area contributed by atoms with Crippen LogP contribution in [0.5, 0.6) is 0 Å². The van der Waals surface area contributed by atoms with Crippen LogP contribution in [0.25, 0.3) is 0 Å². The van der Waals surface area contributed by atoms with Gasteiger partial charge in [0.15, 0.2) is 0 Å². The second kappa shape index (κ2) is 6.18. The number of aryl methyl sites for hydroxylation is 1. The van der Waals surface area contributed by atoms with E-state index in [2.05, 4.69) is 16.3 Å². The quantitative estimate of drug-likeness (QED) is 0.887. The minimum atomic E-state index is -0.949. The van der Waals surface area contributed by atoms with Crippen LogP contribution >= 0.6 is 0 Å². The summed E-state index contributed by atoms with van der Waals surface area (Å²) in [6, 6.07) is 7.75. The summed E-state index contributed by atoms with van der Waals surface area (Å²) >= 11 is 0. The zero-order valence-electron chi connectivity index (χ0n) is 13.9. The van der Waals surface area contributed by atoms with Crippen LogP contribution in [0.3, 0.4) is 0 Å². The number of aromatic nitrogens is 2. The number of hydrogen-bond acceptors (Lipinski definition) is 5. The first kappa shape index (κ1) is 16.6. The fourth-order valence-corrected chi connectivity index (χ4v) is 2.29. The Balaban J connectivity index is 2.30. The van der Waals surface area contributed by atoms with E-state index in [0.29, 0.717) is 5.89 Å². The van der Waals surface area contributed by atoms with Crippen LogP contribution in [0, 0.1) is 12.8 Å². The molecule has 0 saturated carbocycles. The summed E-state index contributed by atoms with van der Waals surface area (Å²) in [7, 11) is 0. The summed E-state index contributed by atoms with van der Waals surface area (Å²) in [5.41, 5.74) is 7.79. The second-order valence-electron chi connectivity index (χ2n) is 6.71. The fourth-order valence-electron chi connectivity index (χ4n) is 2.29. The Morgan fingerprint density at radius 1 is 1.23 bits per heavy atom. The SMILES string of the molecule is Cc1cccc(C(C)(C)c2nnc(C(O)[C@@H](N)C(C)C)o2)c1. The van der Waals surface area contributed by atoms with Crippen molar-refractivity contribution in [3.8, 4) is 0 Å². The van der Waals surface area contributed by atoms with Gasteiger partial charge in [-0.2, -0.15) is 0 Å². The number of benzene rings is 1. The Bertz CT molecular complexity index is 634. The van der Waals surface area contributed by atoms with Crippen molar-refractivity contribution in [2.24, 2.45) is 11.7 Å². The van der Waals surface area contributed by atoms with Gasteiger partial charge >= 0.3 is 0 Å². The lowest BCUT2D eigenvalue weighted by molar-refractivity contribution is 0.0948. The lowest BCUT2D eigenvalue weighted by Gasteiger charge is -2.22. The Morgan fingerprint density at radius 2 is 1.91 bits per heavy atom. The van der Waals surface area contributed by atoms with Gasteiger partial charge in [0.25, 0.3) is 0 Å². The minimum absolute atomic E-state index is 0.120. The van der Waals surface area contributed by atoms with Crippen molar-refractivity contribution in [2.45, 2.75) is 52.2 Å². The molecule has 0 fully saturated rings. The van der Waals surface area contributed by atoms with Crippen molar-refractivity contribution in [3.05, 3.63) is 47.2 Å². The van der Waals surface area contributed by atoms with Gasteiger partial charge in [-0.3, -0.25) is 0 Å². The number of hydrogen-bond donors (Lipinski definition) is 2. The molecule has 2 atom stereocenters. The second-order valence-corrected chi connectivity index (χ2v) is 6.71. The molecule has 0 aliphatic carbocycles. The van der Waals surface area contributed by atoms with E-state index in [4.69, 9.17) is 10.2 Å². The molecule has 0 bridgehead atoms. The molecular formula is C17H25N3O2. The third kappa shape index (κ3) is 3.20. The molecule has 1 aromatic heterocycles. The number of nitrogens with two attached hydrogens (primary N) is 1. The number of aliphatic hydroxyl groups excluding tert-OH is 1. The van der Waals surface area contributed by atoms with Gasteiger partial charge in [-0.1, -0.05) is 43.7 Å². The first-order valence-electron chi connectivity index (χ1n) is 7.58. The highest BCUT2D eigenvalue weighted by atomic mass is 16.4.